The Balaban J connectivity index is 1.54. The third-order valence-electron chi connectivity index (χ3n) is 5.85. The summed E-state index contributed by atoms with van der Waals surface area (Å²) in [6.45, 7) is 1.40. The number of ether oxygens (including phenoxy) is 2. The predicted octanol–water partition coefficient (Wildman–Crippen LogP) is 3.49. The van der Waals surface area contributed by atoms with E-state index < -0.39 is 5.97 Å². The second-order valence-electron chi connectivity index (χ2n) is 7.79. The molecule has 0 unspecified atom stereocenters. The molecule has 0 spiro atoms. The SMILES string of the molecule is Nc1c(Cl)ccc2nc(N3CCC(C(=O)O)CC3)nc(Cc3ccc4c(c3)OCO4)c12. The molecule has 1 saturated heterocycles. The molecule has 31 heavy (non-hydrogen) atoms. The minimum atomic E-state index is -0.745. The van der Waals surface area contributed by atoms with Crippen LogP contribution in [0.1, 0.15) is 24.1 Å². The Morgan fingerprint density at radius 2 is 1.94 bits per heavy atom. The highest BCUT2D eigenvalue weighted by atomic mass is 35.5. The Bertz CT molecular complexity index is 1180. The first kappa shape index (κ1) is 19.7. The first-order valence-corrected chi connectivity index (χ1v) is 10.5. The molecule has 2 aliphatic heterocycles. The molecule has 0 atom stereocenters. The van der Waals surface area contributed by atoms with Crippen LogP contribution in [0.15, 0.2) is 30.3 Å². The molecule has 1 aromatic heterocycles. The maximum atomic E-state index is 11.3. The number of hydrogen-bond donors (Lipinski definition) is 2. The Morgan fingerprint density at radius 3 is 2.71 bits per heavy atom. The van der Waals surface area contributed by atoms with Gasteiger partial charge in [0, 0.05) is 24.9 Å². The molecule has 0 radical (unpaired) electrons. The topological polar surface area (TPSA) is 111 Å². The van der Waals surface area contributed by atoms with Crippen LogP contribution in [0.3, 0.4) is 0 Å². The molecule has 160 valence electrons. The van der Waals surface area contributed by atoms with Gasteiger partial charge in [-0.25, -0.2) is 9.97 Å². The van der Waals surface area contributed by atoms with Gasteiger partial charge in [0.1, 0.15) is 0 Å². The van der Waals surface area contributed by atoms with Crippen LogP contribution in [0.2, 0.25) is 5.02 Å². The summed E-state index contributed by atoms with van der Waals surface area (Å²) >= 11 is 6.29. The van der Waals surface area contributed by atoms with Crippen molar-refractivity contribution in [3.05, 3.63) is 46.6 Å². The first-order chi connectivity index (χ1) is 15.0. The number of nitrogens with zero attached hydrogens (tertiary/aromatic N) is 3. The highest BCUT2D eigenvalue weighted by Crippen LogP contribution is 2.36. The summed E-state index contributed by atoms with van der Waals surface area (Å²) in [5, 5.41) is 10.5. The number of halogens is 1. The molecule has 0 aliphatic carbocycles. The van der Waals surface area contributed by atoms with E-state index in [0.717, 1.165) is 22.4 Å². The molecule has 8 nitrogen and oxygen atoms in total. The van der Waals surface area contributed by atoms with Gasteiger partial charge in [0.15, 0.2) is 11.5 Å². The van der Waals surface area contributed by atoms with E-state index in [1.807, 2.05) is 29.2 Å². The minimum absolute atomic E-state index is 0.216. The lowest BCUT2D eigenvalue weighted by Gasteiger charge is -2.30. The molecular weight excluding hydrogens is 420 g/mol. The molecule has 2 aliphatic rings. The van der Waals surface area contributed by atoms with Crippen LogP contribution in [-0.2, 0) is 11.2 Å². The first-order valence-electron chi connectivity index (χ1n) is 10.1. The van der Waals surface area contributed by atoms with Crippen molar-refractivity contribution in [2.45, 2.75) is 19.3 Å². The zero-order valence-corrected chi connectivity index (χ0v) is 17.4. The van der Waals surface area contributed by atoms with Gasteiger partial charge in [0.25, 0.3) is 0 Å². The number of fused-ring (bicyclic) bond motifs is 2. The van der Waals surface area contributed by atoms with E-state index in [1.54, 1.807) is 6.07 Å². The van der Waals surface area contributed by atoms with Gasteiger partial charge >= 0.3 is 5.97 Å². The van der Waals surface area contributed by atoms with Gasteiger partial charge in [0.2, 0.25) is 12.7 Å². The maximum Gasteiger partial charge on any atom is 0.306 e. The van der Waals surface area contributed by atoms with Gasteiger partial charge in [0.05, 0.1) is 27.8 Å². The molecule has 0 amide bonds. The number of carboxylic acids is 1. The van der Waals surface area contributed by atoms with Crippen LogP contribution in [0, 0.1) is 5.92 Å². The molecular formula is C22H21ClN4O4. The zero-order chi connectivity index (χ0) is 21.5. The number of aliphatic carboxylic acids is 1. The fraction of sp³-hybridized carbons (Fsp3) is 0.318. The lowest BCUT2D eigenvalue weighted by molar-refractivity contribution is -0.142. The number of nitrogen functional groups attached to an aromatic ring is 1. The number of carbonyl (C=O) groups is 1. The standard InChI is InChI=1S/C22H21ClN4O4/c23-14-2-3-15-19(20(14)24)16(9-12-1-4-17-18(10-12)31-11-30-17)26-22(25-15)27-7-5-13(6-8-27)21(28)29/h1-4,10,13H,5-9,11,24H2,(H,28,29). The second kappa shape index (κ2) is 7.77. The lowest BCUT2D eigenvalue weighted by Crippen LogP contribution is -2.37. The molecule has 0 saturated carbocycles. The Morgan fingerprint density at radius 1 is 1.16 bits per heavy atom. The molecule has 0 bridgehead atoms. The summed E-state index contributed by atoms with van der Waals surface area (Å²) in [7, 11) is 0. The number of benzene rings is 2. The number of anilines is 2. The highest BCUT2D eigenvalue weighted by molar-refractivity contribution is 6.34. The number of piperidine rings is 1. The monoisotopic (exact) mass is 440 g/mol. The van der Waals surface area contributed by atoms with Crippen LogP contribution in [-0.4, -0.2) is 40.9 Å². The molecule has 5 rings (SSSR count). The number of nitrogens with two attached hydrogens (primary N) is 1. The molecule has 9 heteroatoms. The van der Waals surface area contributed by atoms with E-state index in [0.29, 0.717) is 60.3 Å². The summed E-state index contributed by atoms with van der Waals surface area (Å²) in [5.41, 5.74) is 9.23. The number of hydrogen-bond acceptors (Lipinski definition) is 7. The van der Waals surface area contributed by atoms with E-state index in [1.165, 1.54) is 0 Å². The van der Waals surface area contributed by atoms with Gasteiger partial charge in [-0.05, 0) is 42.7 Å². The Kier molecular flexibility index (Phi) is 4.94. The number of carboxylic acid groups (broad SMARTS) is 1. The van der Waals surface area contributed by atoms with Gasteiger partial charge < -0.3 is 25.2 Å². The van der Waals surface area contributed by atoms with Crippen molar-refractivity contribution in [3.63, 3.8) is 0 Å². The highest BCUT2D eigenvalue weighted by Gasteiger charge is 2.27. The van der Waals surface area contributed by atoms with Crippen LogP contribution < -0.4 is 20.1 Å². The average molecular weight is 441 g/mol. The van der Waals surface area contributed by atoms with Gasteiger partial charge in [-0.3, -0.25) is 4.79 Å². The predicted molar refractivity (Wildman–Crippen MR) is 117 cm³/mol. The van der Waals surface area contributed by atoms with Crippen molar-refractivity contribution in [1.82, 2.24) is 9.97 Å². The van der Waals surface area contributed by atoms with Crippen LogP contribution in [0.25, 0.3) is 10.9 Å². The largest absolute Gasteiger partial charge is 0.481 e. The van der Waals surface area contributed by atoms with Crippen molar-refractivity contribution in [2.24, 2.45) is 5.92 Å². The van der Waals surface area contributed by atoms with E-state index in [-0.39, 0.29) is 12.7 Å². The smallest absolute Gasteiger partial charge is 0.306 e. The van der Waals surface area contributed by atoms with Crippen molar-refractivity contribution in [2.75, 3.05) is 30.5 Å². The van der Waals surface area contributed by atoms with E-state index in [2.05, 4.69) is 0 Å². The third-order valence-corrected chi connectivity index (χ3v) is 6.18. The van der Waals surface area contributed by atoms with Crippen LogP contribution >= 0.6 is 11.6 Å². The molecule has 1 fully saturated rings. The van der Waals surface area contributed by atoms with E-state index in [4.69, 9.17) is 36.8 Å². The molecule has 3 heterocycles. The zero-order valence-electron chi connectivity index (χ0n) is 16.7. The Labute approximate surface area is 183 Å². The summed E-state index contributed by atoms with van der Waals surface area (Å²) in [5.74, 6) is 0.941. The van der Waals surface area contributed by atoms with Gasteiger partial charge in [-0.1, -0.05) is 17.7 Å². The summed E-state index contributed by atoms with van der Waals surface area (Å²) in [6, 6.07) is 9.37. The van der Waals surface area contributed by atoms with Crippen LogP contribution in [0.4, 0.5) is 11.6 Å². The van der Waals surface area contributed by atoms with Gasteiger partial charge in [-0.2, -0.15) is 0 Å². The van der Waals surface area contributed by atoms with Crippen LogP contribution in [0.5, 0.6) is 11.5 Å². The average Bonchev–Trinajstić information content (AvgIpc) is 3.24. The Hall–Kier alpha value is -3.26. The molecule has 2 aromatic carbocycles. The normalized spacial score (nSPS) is 16.1. The lowest BCUT2D eigenvalue weighted by atomic mass is 9.97. The molecule has 3 aromatic rings. The fourth-order valence-corrected chi connectivity index (χ4v) is 4.29. The van der Waals surface area contributed by atoms with Gasteiger partial charge in [-0.15, -0.1) is 0 Å². The number of rotatable bonds is 4. The maximum absolute atomic E-state index is 11.3. The quantitative estimate of drug-likeness (QED) is 0.593. The second-order valence-corrected chi connectivity index (χ2v) is 8.20. The minimum Gasteiger partial charge on any atom is -0.481 e. The summed E-state index contributed by atoms with van der Waals surface area (Å²) < 4.78 is 10.9. The van der Waals surface area contributed by atoms with E-state index >= 15 is 0 Å². The third kappa shape index (κ3) is 3.67. The van der Waals surface area contributed by atoms with Crippen molar-refractivity contribution < 1.29 is 19.4 Å². The van der Waals surface area contributed by atoms with Crippen molar-refractivity contribution in [1.29, 1.82) is 0 Å². The fourth-order valence-electron chi connectivity index (χ4n) is 4.13. The van der Waals surface area contributed by atoms with Crippen molar-refractivity contribution >= 4 is 40.1 Å². The number of aromatic nitrogens is 2. The van der Waals surface area contributed by atoms with Crippen molar-refractivity contribution in [3.8, 4) is 11.5 Å². The van der Waals surface area contributed by atoms with E-state index in [9.17, 15) is 9.90 Å². The summed E-state index contributed by atoms with van der Waals surface area (Å²) in [6.07, 6.45) is 1.65. The molecule has 3 N–H and O–H groups in total. The summed E-state index contributed by atoms with van der Waals surface area (Å²) in [4.78, 5) is 22.9.